The van der Waals surface area contributed by atoms with Crippen molar-refractivity contribution in [3.8, 4) is 16.9 Å². The van der Waals surface area contributed by atoms with Crippen molar-refractivity contribution in [3.05, 3.63) is 24.4 Å². The number of hydrogen-bond donors (Lipinski definition) is 3. The number of nitrogen functional groups attached to an aromatic ring is 1. The van der Waals surface area contributed by atoms with Crippen molar-refractivity contribution in [3.63, 3.8) is 0 Å². The molecule has 7 nitrogen and oxygen atoms in total. The number of amides is 1. The molecule has 7 heteroatoms. The lowest BCUT2D eigenvalue weighted by molar-refractivity contribution is 0.0635. The van der Waals surface area contributed by atoms with Crippen LogP contribution in [0.2, 0.25) is 0 Å². The van der Waals surface area contributed by atoms with Crippen LogP contribution in [-0.4, -0.2) is 22.0 Å². The molecular formula is C14H17N3O4. The largest absolute Gasteiger partial charge is 0.506 e. The molecule has 0 saturated carbocycles. The molecule has 0 saturated heterocycles. The van der Waals surface area contributed by atoms with Crippen molar-refractivity contribution >= 4 is 17.7 Å². The minimum atomic E-state index is -0.659. The number of nitrogens with zero attached hydrogens (tertiary/aromatic N) is 1. The molecule has 21 heavy (non-hydrogen) atoms. The third kappa shape index (κ3) is 3.65. The second-order valence-electron chi connectivity index (χ2n) is 5.46. The number of rotatable bonds is 2. The first-order valence-electron chi connectivity index (χ1n) is 6.30. The Kier molecular flexibility index (Phi) is 3.75. The number of ether oxygens (including phenoxy) is 1. The molecule has 0 radical (unpaired) electrons. The van der Waals surface area contributed by atoms with E-state index in [4.69, 9.17) is 15.0 Å². The van der Waals surface area contributed by atoms with Crippen molar-refractivity contribution in [2.75, 3.05) is 11.1 Å². The number of anilines is 2. The molecule has 0 aliphatic rings. The Hall–Kier alpha value is -2.70. The van der Waals surface area contributed by atoms with Crippen LogP contribution in [0.5, 0.6) is 5.75 Å². The number of carbonyl (C=O) groups is 1. The van der Waals surface area contributed by atoms with Gasteiger partial charge in [0.25, 0.3) is 0 Å². The van der Waals surface area contributed by atoms with Crippen LogP contribution in [0.1, 0.15) is 20.8 Å². The zero-order chi connectivity index (χ0) is 15.6. The van der Waals surface area contributed by atoms with E-state index in [1.54, 1.807) is 32.9 Å². The third-order valence-corrected chi connectivity index (χ3v) is 2.54. The van der Waals surface area contributed by atoms with Gasteiger partial charge in [-0.3, -0.25) is 5.32 Å². The van der Waals surface area contributed by atoms with E-state index in [1.807, 2.05) is 0 Å². The summed E-state index contributed by atoms with van der Waals surface area (Å²) in [5, 5.41) is 15.9. The Labute approximate surface area is 121 Å². The van der Waals surface area contributed by atoms with Crippen molar-refractivity contribution < 1.29 is 19.2 Å². The number of hydrogen-bond acceptors (Lipinski definition) is 6. The van der Waals surface area contributed by atoms with Crippen LogP contribution in [0.3, 0.4) is 0 Å². The molecular weight excluding hydrogens is 274 g/mol. The molecule has 4 N–H and O–H groups in total. The van der Waals surface area contributed by atoms with Crippen molar-refractivity contribution in [1.29, 1.82) is 0 Å². The van der Waals surface area contributed by atoms with Gasteiger partial charge in [-0.1, -0.05) is 11.2 Å². The zero-order valence-electron chi connectivity index (χ0n) is 12.0. The third-order valence-electron chi connectivity index (χ3n) is 2.54. The second-order valence-corrected chi connectivity index (χ2v) is 5.46. The molecule has 0 aliphatic heterocycles. The summed E-state index contributed by atoms with van der Waals surface area (Å²) in [6.07, 6.45) is 0.798. The smallest absolute Gasteiger partial charge is 0.412 e. The van der Waals surface area contributed by atoms with Crippen LogP contribution < -0.4 is 11.1 Å². The minimum absolute atomic E-state index is 0.0837. The number of nitrogens with two attached hydrogens (primary N) is 1. The molecule has 2 aromatic rings. The molecule has 1 aromatic heterocycles. The average Bonchev–Trinajstić information content (AvgIpc) is 2.76. The molecule has 1 heterocycles. The molecule has 0 bridgehead atoms. The topological polar surface area (TPSA) is 111 Å². The summed E-state index contributed by atoms with van der Waals surface area (Å²) in [4.78, 5) is 11.7. The highest BCUT2D eigenvalue weighted by Gasteiger charge is 2.18. The van der Waals surface area contributed by atoms with E-state index < -0.39 is 11.7 Å². The first kappa shape index (κ1) is 14.7. The van der Waals surface area contributed by atoms with Gasteiger partial charge < -0.3 is 20.1 Å². The first-order valence-corrected chi connectivity index (χ1v) is 6.30. The van der Waals surface area contributed by atoms with Gasteiger partial charge in [0, 0.05) is 0 Å². The molecule has 112 valence electrons. The normalized spacial score (nSPS) is 11.2. The van der Waals surface area contributed by atoms with E-state index >= 15 is 0 Å². The van der Waals surface area contributed by atoms with Gasteiger partial charge >= 0.3 is 6.09 Å². The van der Waals surface area contributed by atoms with Crippen molar-refractivity contribution in [1.82, 2.24) is 5.16 Å². The molecule has 0 aliphatic carbocycles. The Morgan fingerprint density at radius 3 is 2.71 bits per heavy atom. The predicted octanol–water partition coefficient (Wildman–Crippen LogP) is 2.98. The summed E-state index contributed by atoms with van der Waals surface area (Å²) in [6.45, 7) is 5.25. The standard InChI is InChI=1S/C14H17N3O4/c1-14(2,3)20-13(19)17-10-6-8(4-5-11(10)18)9-7-16-21-12(9)15/h4-7,18H,15H2,1-3H3,(H,17,19). The minimum Gasteiger partial charge on any atom is -0.506 e. The van der Waals surface area contributed by atoms with Crippen LogP contribution in [0.25, 0.3) is 11.1 Å². The molecule has 2 rings (SSSR count). The van der Waals surface area contributed by atoms with E-state index in [-0.39, 0.29) is 17.3 Å². The van der Waals surface area contributed by atoms with Crippen LogP contribution in [-0.2, 0) is 4.74 Å². The number of aromatic hydroxyl groups is 1. The van der Waals surface area contributed by atoms with Crippen LogP contribution in [0, 0.1) is 0 Å². The monoisotopic (exact) mass is 291 g/mol. The first-order chi connectivity index (χ1) is 9.76. The number of phenolic OH excluding ortho intramolecular Hbond substituents is 1. The zero-order valence-corrected chi connectivity index (χ0v) is 12.0. The molecule has 0 fully saturated rings. The molecule has 1 amide bonds. The van der Waals surface area contributed by atoms with E-state index in [2.05, 4.69) is 10.5 Å². The lowest BCUT2D eigenvalue weighted by atomic mass is 10.1. The number of aromatic nitrogens is 1. The number of benzene rings is 1. The van der Waals surface area contributed by atoms with Gasteiger partial charge in [-0.25, -0.2) is 4.79 Å². The van der Waals surface area contributed by atoms with E-state index in [1.165, 1.54) is 12.3 Å². The number of carbonyl (C=O) groups excluding carboxylic acids is 1. The van der Waals surface area contributed by atoms with Gasteiger partial charge in [0.1, 0.15) is 11.4 Å². The fourth-order valence-corrected chi connectivity index (χ4v) is 1.68. The van der Waals surface area contributed by atoms with Crippen LogP contribution >= 0.6 is 0 Å². The Morgan fingerprint density at radius 2 is 2.14 bits per heavy atom. The van der Waals surface area contributed by atoms with Crippen LogP contribution in [0.15, 0.2) is 28.9 Å². The van der Waals surface area contributed by atoms with Crippen molar-refractivity contribution in [2.45, 2.75) is 26.4 Å². The van der Waals surface area contributed by atoms with Gasteiger partial charge in [-0.05, 0) is 38.5 Å². The van der Waals surface area contributed by atoms with Gasteiger partial charge in [-0.2, -0.15) is 0 Å². The van der Waals surface area contributed by atoms with Crippen molar-refractivity contribution in [2.24, 2.45) is 0 Å². The summed E-state index contributed by atoms with van der Waals surface area (Å²) < 4.78 is 9.92. The SMILES string of the molecule is CC(C)(C)OC(=O)Nc1cc(-c2cnoc2N)ccc1O. The van der Waals surface area contributed by atoms with Gasteiger partial charge in [-0.15, -0.1) is 0 Å². The Morgan fingerprint density at radius 1 is 1.43 bits per heavy atom. The van der Waals surface area contributed by atoms with Gasteiger partial charge in [0.15, 0.2) is 0 Å². The lowest BCUT2D eigenvalue weighted by Gasteiger charge is -2.20. The Bertz CT molecular complexity index is 658. The fraction of sp³-hybridized carbons (Fsp3) is 0.286. The van der Waals surface area contributed by atoms with E-state index in [0.29, 0.717) is 11.1 Å². The maximum atomic E-state index is 11.7. The highest BCUT2D eigenvalue weighted by Crippen LogP contribution is 2.32. The summed E-state index contributed by atoms with van der Waals surface area (Å²) in [7, 11) is 0. The second kappa shape index (κ2) is 5.35. The summed E-state index contributed by atoms with van der Waals surface area (Å²) >= 11 is 0. The summed E-state index contributed by atoms with van der Waals surface area (Å²) in [5.41, 5.74) is 6.45. The van der Waals surface area contributed by atoms with Crippen LogP contribution in [0.4, 0.5) is 16.4 Å². The molecule has 0 unspecified atom stereocenters. The van der Waals surface area contributed by atoms with E-state index in [0.717, 1.165) is 0 Å². The highest BCUT2D eigenvalue weighted by atomic mass is 16.6. The fourth-order valence-electron chi connectivity index (χ4n) is 1.68. The average molecular weight is 291 g/mol. The van der Waals surface area contributed by atoms with E-state index in [9.17, 15) is 9.90 Å². The molecule has 1 aromatic carbocycles. The summed E-state index contributed by atoms with van der Waals surface area (Å²) in [6, 6.07) is 4.63. The predicted molar refractivity (Wildman–Crippen MR) is 77.9 cm³/mol. The lowest BCUT2D eigenvalue weighted by Crippen LogP contribution is -2.27. The maximum Gasteiger partial charge on any atom is 0.412 e. The highest BCUT2D eigenvalue weighted by molar-refractivity contribution is 5.89. The molecule has 0 spiro atoms. The van der Waals surface area contributed by atoms with Gasteiger partial charge in [0.2, 0.25) is 5.88 Å². The quantitative estimate of drug-likeness (QED) is 0.733. The Balaban J connectivity index is 2.24. The maximum absolute atomic E-state index is 11.7. The summed E-state index contributed by atoms with van der Waals surface area (Å²) in [5.74, 6) is 0.0727. The molecule has 0 atom stereocenters. The van der Waals surface area contributed by atoms with Gasteiger partial charge in [0.05, 0.1) is 17.4 Å². The number of nitrogens with one attached hydrogen (secondary N) is 1. The number of phenols is 1.